The van der Waals surface area contributed by atoms with E-state index in [0.717, 1.165) is 18.1 Å². The topological polar surface area (TPSA) is 15.3 Å². The molecule has 1 N–H and O–H groups in total. The number of hydrogen-bond acceptors (Lipinski definition) is 3. The summed E-state index contributed by atoms with van der Waals surface area (Å²) in [6, 6.07) is 2.45. The highest BCUT2D eigenvalue weighted by molar-refractivity contribution is 8.00. The van der Waals surface area contributed by atoms with Gasteiger partial charge in [-0.1, -0.05) is 0 Å². The zero-order chi connectivity index (χ0) is 9.97. The summed E-state index contributed by atoms with van der Waals surface area (Å²) < 4.78 is 0. The number of thioether (sulfide) groups is 1. The Balaban J connectivity index is 1.61. The SMILES string of the molecule is CC(C)N(CCNC1CSC1)C1CC1. The van der Waals surface area contributed by atoms with E-state index >= 15 is 0 Å². The Hall–Kier alpha value is 0.270. The molecule has 2 nitrogen and oxygen atoms in total. The molecule has 0 amide bonds. The zero-order valence-electron chi connectivity index (χ0n) is 9.33. The van der Waals surface area contributed by atoms with Gasteiger partial charge in [0, 0.05) is 42.7 Å². The predicted octanol–water partition coefficient (Wildman–Crippen LogP) is 1.56. The van der Waals surface area contributed by atoms with Crippen LogP contribution in [0.2, 0.25) is 0 Å². The minimum atomic E-state index is 0.722. The van der Waals surface area contributed by atoms with Gasteiger partial charge >= 0.3 is 0 Å². The standard InChI is InChI=1S/C11H22N2S/c1-9(2)13(11-3-4-11)6-5-12-10-7-14-8-10/h9-12H,3-8H2,1-2H3. The molecule has 0 aromatic rings. The lowest BCUT2D eigenvalue weighted by Crippen LogP contribution is -2.45. The van der Waals surface area contributed by atoms with Gasteiger partial charge in [-0.25, -0.2) is 0 Å². The Labute approximate surface area is 91.8 Å². The summed E-state index contributed by atoms with van der Waals surface area (Å²) in [5.41, 5.74) is 0. The Kier molecular flexibility index (Phi) is 3.74. The first kappa shape index (κ1) is 10.8. The number of nitrogens with one attached hydrogen (secondary N) is 1. The Morgan fingerprint density at radius 1 is 1.36 bits per heavy atom. The first-order chi connectivity index (χ1) is 6.77. The molecule has 14 heavy (non-hydrogen) atoms. The van der Waals surface area contributed by atoms with E-state index in [-0.39, 0.29) is 0 Å². The number of rotatable bonds is 6. The van der Waals surface area contributed by atoms with Gasteiger partial charge < -0.3 is 5.32 Å². The van der Waals surface area contributed by atoms with Crippen LogP contribution in [0.15, 0.2) is 0 Å². The third-order valence-electron chi connectivity index (χ3n) is 3.12. The first-order valence-electron chi connectivity index (χ1n) is 5.84. The fourth-order valence-electron chi connectivity index (χ4n) is 2.02. The molecule has 2 aliphatic rings. The molecule has 0 bridgehead atoms. The van der Waals surface area contributed by atoms with Crippen LogP contribution in [0.25, 0.3) is 0 Å². The molecule has 1 aliphatic carbocycles. The van der Waals surface area contributed by atoms with E-state index in [1.54, 1.807) is 0 Å². The normalized spacial score (nSPS) is 23.1. The van der Waals surface area contributed by atoms with Gasteiger partial charge in [0.15, 0.2) is 0 Å². The van der Waals surface area contributed by atoms with Gasteiger partial charge in [-0.05, 0) is 26.7 Å². The average Bonchev–Trinajstić information content (AvgIpc) is 2.83. The summed E-state index contributed by atoms with van der Waals surface area (Å²) >= 11 is 2.05. The van der Waals surface area contributed by atoms with Gasteiger partial charge in [-0.15, -0.1) is 0 Å². The van der Waals surface area contributed by atoms with Crippen molar-refractivity contribution in [3.8, 4) is 0 Å². The first-order valence-corrected chi connectivity index (χ1v) is 6.99. The molecule has 0 radical (unpaired) electrons. The second kappa shape index (κ2) is 4.86. The predicted molar refractivity (Wildman–Crippen MR) is 64.0 cm³/mol. The average molecular weight is 214 g/mol. The Bertz CT molecular complexity index is 174. The molecule has 1 saturated carbocycles. The molecular weight excluding hydrogens is 192 g/mol. The monoisotopic (exact) mass is 214 g/mol. The maximum absolute atomic E-state index is 3.62. The van der Waals surface area contributed by atoms with Crippen LogP contribution in [-0.4, -0.2) is 47.6 Å². The van der Waals surface area contributed by atoms with E-state index in [4.69, 9.17) is 0 Å². The van der Waals surface area contributed by atoms with Gasteiger partial charge in [-0.2, -0.15) is 11.8 Å². The lowest BCUT2D eigenvalue weighted by molar-refractivity contribution is 0.210. The summed E-state index contributed by atoms with van der Waals surface area (Å²) in [4.78, 5) is 2.65. The highest BCUT2D eigenvalue weighted by atomic mass is 32.2. The van der Waals surface area contributed by atoms with Gasteiger partial charge in [0.25, 0.3) is 0 Å². The summed E-state index contributed by atoms with van der Waals surface area (Å²) in [7, 11) is 0. The molecule has 2 fully saturated rings. The minimum Gasteiger partial charge on any atom is -0.311 e. The molecule has 0 aromatic heterocycles. The summed E-state index contributed by atoms with van der Waals surface area (Å²) in [5.74, 6) is 2.65. The molecule has 0 spiro atoms. The number of hydrogen-bond donors (Lipinski definition) is 1. The quantitative estimate of drug-likeness (QED) is 0.722. The van der Waals surface area contributed by atoms with Crippen LogP contribution in [0, 0.1) is 0 Å². The highest BCUT2D eigenvalue weighted by Gasteiger charge is 2.30. The molecule has 3 heteroatoms. The second-order valence-electron chi connectivity index (χ2n) is 4.75. The lowest BCUT2D eigenvalue weighted by atomic mass is 10.3. The largest absolute Gasteiger partial charge is 0.311 e. The van der Waals surface area contributed by atoms with E-state index in [1.807, 2.05) is 0 Å². The van der Waals surface area contributed by atoms with Gasteiger partial charge in [0.1, 0.15) is 0 Å². The fourth-order valence-corrected chi connectivity index (χ4v) is 2.73. The van der Waals surface area contributed by atoms with E-state index in [1.165, 1.54) is 37.4 Å². The summed E-state index contributed by atoms with van der Waals surface area (Å²) in [6.07, 6.45) is 2.86. The molecule has 82 valence electrons. The summed E-state index contributed by atoms with van der Waals surface area (Å²) in [5, 5.41) is 3.62. The van der Waals surface area contributed by atoms with Crippen molar-refractivity contribution in [2.24, 2.45) is 0 Å². The Morgan fingerprint density at radius 2 is 2.07 bits per heavy atom. The van der Waals surface area contributed by atoms with E-state index in [2.05, 4.69) is 35.8 Å². The summed E-state index contributed by atoms with van der Waals surface area (Å²) in [6.45, 7) is 7.05. The van der Waals surface area contributed by atoms with E-state index < -0.39 is 0 Å². The van der Waals surface area contributed by atoms with Crippen molar-refractivity contribution in [3.63, 3.8) is 0 Å². The highest BCUT2D eigenvalue weighted by Crippen LogP contribution is 2.28. The van der Waals surface area contributed by atoms with Gasteiger partial charge in [-0.3, -0.25) is 4.90 Å². The van der Waals surface area contributed by atoms with Crippen molar-refractivity contribution in [1.29, 1.82) is 0 Å². The lowest BCUT2D eigenvalue weighted by Gasteiger charge is -2.30. The maximum Gasteiger partial charge on any atom is 0.0249 e. The third-order valence-corrected chi connectivity index (χ3v) is 4.40. The van der Waals surface area contributed by atoms with Crippen LogP contribution in [0.1, 0.15) is 26.7 Å². The van der Waals surface area contributed by atoms with E-state index in [0.29, 0.717) is 0 Å². The van der Waals surface area contributed by atoms with Crippen LogP contribution in [0.5, 0.6) is 0 Å². The van der Waals surface area contributed by atoms with Crippen molar-refractivity contribution in [3.05, 3.63) is 0 Å². The van der Waals surface area contributed by atoms with Crippen LogP contribution < -0.4 is 5.32 Å². The molecule has 0 unspecified atom stereocenters. The molecule has 1 saturated heterocycles. The molecule has 0 aromatic carbocycles. The van der Waals surface area contributed by atoms with Crippen LogP contribution in [0.4, 0.5) is 0 Å². The van der Waals surface area contributed by atoms with Crippen molar-refractivity contribution in [2.45, 2.75) is 44.8 Å². The molecule has 0 atom stereocenters. The van der Waals surface area contributed by atoms with Gasteiger partial charge in [0.05, 0.1) is 0 Å². The molecule has 2 rings (SSSR count). The maximum atomic E-state index is 3.62. The Morgan fingerprint density at radius 3 is 2.50 bits per heavy atom. The van der Waals surface area contributed by atoms with Crippen LogP contribution in [0.3, 0.4) is 0 Å². The molecule has 1 aliphatic heterocycles. The third kappa shape index (κ3) is 2.88. The fraction of sp³-hybridized carbons (Fsp3) is 1.00. The van der Waals surface area contributed by atoms with Crippen LogP contribution >= 0.6 is 11.8 Å². The van der Waals surface area contributed by atoms with E-state index in [9.17, 15) is 0 Å². The zero-order valence-corrected chi connectivity index (χ0v) is 10.1. The van der Waals surface area contributed by atoms with Crippen molar-refractivity contribution in [1.82, 2.24) is 10.2 Å². The van der Waals surface area contributed by atoms with Gasteiger partial charge in [0.2, 0.25) is 0 Å². The second-order valence-corrected chi connectivity index (χ2v) is 5.83. The minimum absolute atomic E-state index is 0.722. The van der Waals surface area contributed by atoms with Crippen molar-refractivity contribution >= 4 is 11.8 Å². The smallest absolute Gasteiger partial charge is 0.0249 e. The molecule has 1 heterocycles. The molecular formula is C11H22N2S. The van der Waals surface area contributed by atoms with Crippen molar-refractivity contribution < 1.29 is 0 Å². The van der Waals surface area contributed by atoms with Crippen molar-refractivity contribution in [2.75, 3.05) is 24.6 Å². The van der Waals surface area contributed by atoms with Crippen LogP contribution in [-0.2, 0) is 0 Å². The number of nitrogens with zero attached hydrogens (tertiary/aromatic N) is 1.